The predicted octanol–water partition coefficient (Wildman–Crippen LogP) is 4.92. The number of aromatic nitrogens is 3. The fraction of sp³-hybridized carbons (Fsp3) is 0.259. The maximum absolute atomic E-state index is 14.8. The van der Waals surface area contributed by atoms with Crippen LogP contribution in [0.3, 0.4) is 0 Å². The van der Waals surface area contributed by atoms with Crippen molar-refractivity contribution in [3.63, 3.8) is 0 Å². The van der Waals surface area contributed by atoms with Crippen molar-refractivity contribution in [2.24, 2.45) is 7.05 Å². The number of phenols is 1. The quantitative estimate of drug-likeness (QED) is 0.381. The zero-order valence-corrected chi connectivity index (χ0v) is 21.5. The number of β-amino-alcohol motifs (C(OH)–C–C–N with tert-alkyl or cyclic N) is 1. The molecule has 0 radical (unpaired) electrons. The maximum Gasteiger partial charge on any atom is 0.332 e. The van der Waals surface area contributed by atoms with Crippen molar-refractivity contribution in [1.29, 1.82) is 0 Å². The summed E-state index contributed by atoms with van der Waals surface area (Å²) in [6, 6.07) is 8.53. The minimum Gasteiger partial charge on any atom is -0.507 e. The van der Waals surface area contributed by atoms with Gasteiger partial charge in [0.25, 0.3) is 5.92 Å². The summed E-state index contributed by atoms with van der Waals surface area (Å²) in [6.45, 7) is 1.70. The Hall–Kier alpha value is -3.76. The highest BCUT2D eigenvalue weighted by Crippen LogP contribution is 2.43. The fourth-order valence-corrected chi connectivity index (χ4v) is 4.94. The van der Waals surface area contributed by atoms with Crippen LogP contribution in [0.2, 0.25) is 5.02 Å². The molecule has 1 atom stereocenters. The Labute approximate surface area is 221 Å². The van der Waals surface area contributed by atoms with Gasteiger partial charge in [-0.1, -0.05) is 17.7 Å². The molecule has 3 heterocycles. The van der Waals surface area contributed by atoms with Gasteiger partial charge >= 0.3 is 5.69 Å². The van der Waals surface area contributed by atoms with Crippen LogP contribution < -0.4 is 10.6 Å². The zero-order valence-electron chi connectivity index (χ0n) is 20.7. The minimum atomic E-state index is -3.33. The molecule has 1 unspecified atom stereocenters. The van der Waals surface area contributed by atoms with Gasteiger partial charge in [-0.2, -0.15) is 0 Å². The number of halogens is 4. The van der Waals surface area contributed by atoms with Gasteiger partial charge in [-0.05, 0) is 49.7 Å². The second-order valence-electron chi connectivity index (χ2n) is 9.74. The van der Waals surface area contributed by atoms with Gasteiger partial charge in [0, 0.05) is 42.3 Å². The van der Waals surface area contributed by atoms with Crippen molar-refractivity contribution in [2.75, 3.05) is 18.0 Å². The van der Waals surface area contributed by atoms with Gasteiger partial charge in [0.1, 0.15) is 17.2 Å². The van der Waals surface area contributed by atoms with Crippen LogP contribution in [-0.2, 0) is 7.05 Å². The molecule has 1 saturated heterocycles. The van der Waals surface area contributed by atoms with E-state index < -0.39 is 23.9 Å². The number of anilines is 1. The summed E-state index contributed by atoms with van der Waals surface area (Å²) in [5.74, 6) is -4.24. The molecule has 1 fully saturated rings. The van der Waals surface area contributed by atoms with E-state index in [1.54, 1.807) is 38.5 Å². The summed E-state index contributed by atoms with van der Waals surface area (Å²) in [5, 5.41) is 21.5. The number of phenolic OH excluding ortho intramolecular Hbond substituents is 1. The van der Waals surface area contributed by atoms with E-state index in [2.05, 4.69) is 4.98 Å². The number of rotatable bonds is 4. The lowest BCUT2D eigenvalue weighted by Gasteiger charge is -2.23. The highest BCUT2D eigenvalue weighted by Gasteiger charge is 2.56. The van der Waals surface area contributed by atoms with E-state index in [0.29, 0.717) is 28.2 Å². The van der Waals surface area contributed by atoms with E-state index in [-0.39, 0.29) is 34.1 Å². The van der Waals surface area contributed by atoms with Gasteiger partial charge in [0.15, 0.2) is 0 Å². The number of aromatic hydroxyl groups is 1. The third kappa shape index (κ3) is 4.23. The van der Waals surface area contributed by atoms with Gasteiger partial charge < -0.3 is 19.7 Å². The lowest BCUT2D eigenvalue weighted by molar-refractivity contribution is -0.134. The van der Waals surface area contributed by atoms with Gasteiger partial charge in [-0.15, -0.1) is 0 Å². The number of pyridine rings is 1. The lowest BCUT2D eigenvalue weighted by Crippen LogP contribution is -2.43. The molecule has 2 aromatic carbocycles. The standard InChI is InChI=1S/C27H24ClF3N4O3/c1-15-23(34-13-26(2,38)27(30,31)14-34)9-17(12-32-15)20-11-18(29)10-19(24(20)36)16-4-5-22(21(28)8-16)35-7-6-33(3)25(35)37/h4-12,36,38H,13-14H2,1-3H3. The third-order valence-corrected chi connectivity index (χ3v) is 7.23. The monoisotopic (exact) mass is 544 g/mol. The van der Waals surface area contributed by atoms with Crippen molar-refractivity contribution in [2.45, 2.75) is 25.4 Å². The molecule has 0 bridgehead atoms. The predicted molar refractivity (Wildman–Crippen MR) is 139 cm³/mol. The molecule has 0 spiro atoms. The maximum atomic E-state index is 14.8. The summed E-state index contributed by atoms with van der Waals surface area (Å²) >= 11 is 6.46. The Morgan fingerprint density at radius 3 is 2.29 bits per heavy atom. The van der Waals surface area contributed by atoms with E-state index in [4.69, 9.17) is 11.6 Å². The van der Waals surface area contributed by atoms with Gasteiger partial charge in [0.05, 0.1) is 35.2 Å². The van der Waals surface area contributed by atoms with E-state index in [1.807, 2.05) is 0 Å². The van der Waals surface area contributed by atoms with E-state index in [1.165, 1.54) is 32.4 Å². The second-order valence-corrected chi connectivity index (χ2v) is 10.1. The van der Waals surface area contributed by atoms with Crippen LogP contribution in [0.4, 0.5) is 18.9 Å². The molecule has 1 aliphatic rings. The molecule has 198 valence electrons. The molecule has 2 aromatic heterocycles. The summed E-state index contributed by atoms with van der Waals surface area (Å²) in [4.78, 5) is 17.9. The molecule has 5 rings (SSSR count). The third-order valence-electron chi connectivity index (χ3n) is 6.93. The first-order valence-electron chi connectivity index (χ1n) is 11.7. The summed E-state index contributed by atoms with van der Waals surface area (Å²) < 4.78 is 46.2. The highest BCUT2D eigenvalue weighted by molar-refractivity contribution is 6.32. The molecule has 1 aliphatic heterocycles. The van der Waals surface area contributed by atoms with Crippen LogP contribution >= 0.6 is 11.6 Å². The number of aryl methyl sites for hydroxylation is 2. The highest BCUT2D eigenvalue weighted by atomic mass is 35.5. The van der Waals surface area contributed by atoms with Gasteiger partial charge in [-0.25, -0.2) is 18.0 Å². The Balaban J connectivity index is 1.56. The molecule has 2 N–H and O–H groups in total. The van der Waals surface area contributed by atoms with Crippen molar-refractivity contribution < 1.29 is 23.4 Å². The number of benzene rings is 2. The molecule has 4 aromatic rings. The van der Waals surface area contributed by atoms with Crippen LogP contribution in [0, 0.1) is 12.7 Å². The molecule has 7 nitrogen and oxygen atoms in total. The van der Waals surface area contributed by atoms with Crippen molar-refractivity contribution in [3.8, 4) is 33.7 Å². The second kappa shape index (κ2) is 8.92. The Kier molecular flexibility index (Phi) is 6.07. The topological polar surface area (TPSA) is 83.5 Å². The Morgan fingerprint density at radius 1 is 1.03 bits per heavy atom. The largest absolute Gasteiger partial charge is 0.507 e. The number of alkyl halides is 2. The Morgan fingerprint density at radius 2 is 1.71 bits per heavy atom. The molecule has 11 heteroatoms. The summed E-state index contributed by atoms with van der Waals surface area (Å²) in [7, 11) is 1.61. The van der Waals surface area contributed by atoms with Gasteiger partial charge in [0.2, 0.25) is 0 Å². The first-order chi connectivity index (χ1) is 17.8. The van der Waals surface area contributed by atoms with E-state index >= 15 is 0 Å². The number of hydrogen-bond donors (Lipinski definition) is 2. The average molecular weight is 545 g/mol. The molecular formula is C27H24ClF3N4O3. The number of nitrogens with zero attached hydrogens (tertiary/aromatic N) is 4. The van der Waals surface area contributed by atoms with Crippen molar-refractivity contribution in [1.82, 2.24) is 14.1 Å². The van der Waals surface area contributed by atoms with Crippen LogP contribution in [0.15, 0.2) is 59.8 Å². The average Bonchev–Trinajstić information content (AvgIpc) is 3.28. The SMILES string of the molecule is Cc1ncc(-c2cc(F)cc(-c3ccc(-n4ccn(C)c4=O)c(Cl)c3)c2O)cc1N1CC(C)(O)C(F)(F)C1. The normalized spacial score (nSPS) is 18.8. The zero-order chi connectivity index (χ0) is 27.6. The van der Waals surface area contributed by atoms with Crippen LogP contribution in [0.5, 0.6) is 5.75 Å². The van der Waals surface area contributed by atoms with Crippen LogP contribution in [0.1, 0.15) is 12.6 Å². The molecule has 0 aliphatic carbocycles. The van der Waals surface area contributed by atoms with E-state index in [9.17, 15) is 28.2 Å². The number of imidazole rings is 1. The van der Waals surface area contributed by atoms with Crippen LogP contribution in [0.25, 0.3) is 27.9 Å². The fourth-order valence-electron chi connectivity index (χ4n) is 4.67. The van der Waals surface area contributed by atoms with Crippen molar-refractivity contribution >= 4 is 17.3 Å². The van der Waals surface area contributed by atoms with Crippen LogP contribution in [-0.4, -0.2) is 48.9 Å². The number of hydrogen-bond acceptors (Lipinski definition) is 5. The summed E-state index contributed by atoms with van der Waals surface area (Å²) in [5.41, 5.74) is -0.368. The van der Waals surface area contributed by atoms with Gasteiger partial charge in [-0.3, -0.25) is 9.55 Å². The first-order valence-corrected chi connectivity index (χ1v) is 12.1. The smallest absolute Gasteiger partial charge is 0.332 e. The first kappa shape index (κ1) is 25.9. The molecule has 38 heavy (non-hydrogen) atoms. The van der Waals surface area contributed by atoms with E-state index in [0.717, 1.165) is 19.1 Å². The lowest BCUT2D eigenvalue weighted by atomic mass is 9.97. The Bertz CT molecular complexity index is 1610. The molecule has 0 saturated carbocycles. The summed E-state index contributed by atoms with van der Waals surface area (Å²) in [6.07, 6.45) is 4.57. The molecule has 0 amide bonds. The molecular weight excluding hydrogens is 521 g/mol. The minimum absolute atomic E-state index is 0.103. The van der Waals surface area contributed by atoms with Crippen molar-refractivity contribution in [3.05, 3.63) is 82.0 Å². The number of aliphatic hydroxyl groups is 1.